The number of nitrogens with one attached hydrogen (secondary N) is 3. The molecule has 5 nitrogen and oxygen atoms in total. The fourth-order valence-electron chi connectivity index (χ4n) is 2.16. The highest BCUT2D eigenvalue weighted by Gasteiger charge is 2.32. The Hall–Kier alpha value is -1.64. The Morgan fingerprint density at radius 3 is 2.28 bits per heavy atom. The number of benzene rings is 1. The lowest BCUT2D eigenvalue weighted by Gasteiger charge is -2.14. The van der Waals surface area contributed by atoms with Gasteiger partial charge >= 0.3 is 12.2 Å². The van der Waals surface area contributed by atoms with Crippen molar-refractivity contribution < 1.29 is 22.7 Å². The van der Waals surface area contributed by atoms with Gasteiger partial charge in [0.1, 0.15) is 5.03 Å². The normalized spacial score (nSPS) is 12.3. The lowest BCUT2D eigenvalue weighted by atomic mass is 10.2. The molecule has 0 radical (unpaired) electrons. The van der Waals surface area contributed by atoms with Crippen molar-refractivity contribution in [3.63, 3.8) is 0 Å². The van der Waals surface area contributed by atoms with Gasteiger partial charge in [0.05, 0.1) is 15.6 Å². The molecule has 2 amide bonds. The van der Waals surface area contributed by atoms with Crippen molar-refractivity contribution in [2.45, 2.75) is 45.7 Å². The van der Waals surface area contributed by atoms with Gasteiger partial charge in [0.2, 0.25) is 5.90 Å². The summed E-state index contributed by atoms with van der Waals surface area (Å²) in [6, 6.07) is 0.755. The first-order chi connectivity index (χ1) is 13.5. The van der Waals surface area contributed by atoms with E-state index in [1.165, 1.54) is 6.92 Å². The fraction of sp³-hybridized carbons (Fsp3) is 0.444. The molecule has 1 rings (SSSR count). The van der Waals surface area contributed by atoms with Gasteiger partial charge in [-0.1, -0.05) is 61.0 Å². The van der Waals surface area contributed by atoms with Crippen LogP contribution in [0.5, 0.6) is 5.75 Å². The molecular formula is C18H21Cl3F3N3O2. The maximum atomic E-state index is 12.8. The minimum Gasteiger partial charge on any atom is -0.435 e. The smallest absolute Gasteiger partial charge is 0.416 e. The summed E-state index contributed by atoms with van der Waals surface area (Å²) < 4.78 is 43.4. The molecule has 0 saturated heterocycles. The summed E-state index contributed by atoms with van der Waals surface area (Å²) in [6.07, 6.45) is -0.640. The number of hydrogen-bond donors (Lipinski definition) is 3. The highest BCUT2D eigenvalue weighted by molar-refractivity contribution is 6.43. The summed E-state index contributed by atoms with van der Waals surface area (Å²) in [6.45, 7) is 4.01. The van der Waals surface area contributed by atoms with Gasteiger partial charge in [-0.3, -0.25) is 5.41 Å². The van der Waals surface area contributed by atoms with Crippen molar-refractivity contribution >= 4 is 46.7 Å². The van der Waals surface area contributed by atoms with Crippen molar-refractivity contribution in [2.75, 3.05) is 6.54 Å². The predicted octanol–water partition coefficient (Wildman–Crippen LogP) is 6.72. The van der Waals surface area contributed by atoms with Gasteiger partial charge in [-0.05, 0) is 25.5 Å². The molecule has 3 N–H and O–H groups in total. The van der Waals surface area contributed by atoms with E-state index in [0.29, 0.717) is 18.7 Å². The van der Waals surface area contributed by atoms with Crippen molar-refractivity contribution in [3.05, 3.63) is 38.5 Å². The number of hydrogen-bond acceptors (Lipinski definition) is 3. The number of urea groups is 1. The second kappa shape index (κ2) is 11.5. The Labute approximate surface area is 182 Å². The summed E-state index contributed by atoms with van der Waals surface area (Å²) in [5.74, 6) is -0.992. The van der Waals surface area contributed by atoms with Crippen molar-refractivity contribution in [1.82, 2.24) is 10.6 Å². The second-order valence-corrected chi connectivity index (χ2v) is 7.27. The Bertz CT molecular complexity index is 760. The monoisotopic (exact) mass is 473 g/mol. The topological polar surface area (TPSA) is 74.2 Å². The quantitative estimate of drug-likeness (QED) is 0.222. The van der Waals surface area contributed by atoms with Gasteiger partial charge in [-0.25, -0.2) is 4.79 Å². The van der Waals surface area contributed by atoms with Gasteiger partial charge in [0, 0.05) is 12.2 Å². The predicted molar refractivity (Wildman–Crippen MR) is 109 cm³/mol. The second-order valence-electron chi connectivity index (χ2n) is 6.08. The third kappa shape index (κ3) is 8.32. The molecule has 11 heteroatoms. The largest absolute Gasteiger partial charge is 0.435 e. The van der Waals surface area contributed by atoms with Crippen LogP contribution in [0.25, 0.3) is 0 Å². The molecule has 0 fully saturated rings. The molecule has 1 aromatic rings. The Morgan fingerprint density at radius 1 is 1.17 bits per heavy atom. The van der Waals surface area contributed by atoms with Crippen LogP contribution in [0, 0.1) is 5.41 Å². The van der Waals surface area contributed by atoms with Crippen LogP contribution < -0.4 is 15.4 Å². The number of carbonyl (C=O) groups excluding carboxylic acids is 1. The van der Waals surface area contributed by atoms with E-state index in [1.807, 2.05) is 0 Å². The Morgan fingerprint density at radius 2 is 1.76 bits per heavy atom. The number of alkyl halides is 3. The molecule has 0 aromatic heterocycles. The van der Waals surface area contributed by atoms with Crippen molar-refractivity contribution in [3.8, 4) is 5.75 Å². The maximum Gasteiger partial charge on any atom is 0.416 e. The number of unbranched alkanes of at least 4 members (excludes halogenated alkanes) is 3. The minimum absolute atomic E-state index is 0.113. The number of rotatable bonds is 8. The third-order valence-electron chi connectivity index (χ3n) is 3.68. The highest BCUT2D eigenvalue weighted by atomic mass is 35.5. The third-order valence-corrected chi connectivity index (χ3v) is 4.69. The number of allylic oxidation sites excluding steroid dienone is 1. The Kier molecular flexibility index (Phi) is 10.1. The average molecular weight is 475 g/mol. The van der Waals surface area contributed by atoms with Crippen LogP contribution in [0.3, 0.4) is 0 Å². The van der Waals surface area contributed by atoms with E-state index in [-0.39, 0.29) is 16.5 Å². The van der Waals surface area contributed by atoms with Gasteiger partial charge in [0.25, 0.3) is 0 Å². The molecule has 162 valence electrons. The SMILES string of the molecule is CCCCCCNC(=O)N/C(C)=C(/Cl)C(=N)Oc1c(Cl)cc(C(F)(F)F)cc1Cl. The van der Waals surface area contributed by atoms with E-state index in [9.17, 15) is 18.0 Å². The molecule has 0 aliphatic carbocycles. The molecular weight excluding hydrogens is 454 g/mol. The van der Waals surface area contributed by atoms with Gasteiger partial charge in [-0.2, -0.15) is 13.2 Å². The lowest BCUT2D eigenvalue weighted by molar-refractivity contribution is -0.137. The fourth-order valence-corrected chi connectivity index (χ4v) is 2.81. The summed E-state index contributed by atoms with van der Waals surface area (Å²) in [4.78, 5) is 11.8. The number of amides is 2. The molecule has 0 unspecified atom stereocenters. The van der Waals surface area contributed by atoms with Crippen LogP contribution in [0.15, 0.2) is 22.9 Å². The molecule has 0 spiro atoms. The molecule has 29 heavy (non-hydrogen) atoms. The van der Waals surface area contributed by atoms with Crippen LogP contribution in [0.1, 0.15) is 45.1 Å². The summed E-state index contributed by atoms with van der Waals surface area (Å²) in [5.41, 5.74) is -0.941. The summed E-state index contributed by atoms with van der Waals surface area (Å²) in [7, 11) is 0. The maximum absolute atomic E-state index is 12.8. The van der Waals surface area contributed by atoms with Crippen LogP contribution >= 0.6 is 34.8 Å². The van der Waals surface area contributed by atoms with E-state index in [2.05, 4.69) is 17.6 Å². The van der Waals surface area contributed by atoms with Gasteiger partial charge in [0.15, 0.2) is 5.75 Å². The number of halogens is 6. The van der Waals surface area contributed by atoms with Crippen LogP contribution in [-0.4, -0.2) is 18.5 Å². The molecule has 0 heterocycles. The lowest BCUT2D eigenvalue weighted by Crippen LogP contribution is -2.35. The van der Waals surface area contributed by atoms with Crippen LogP contribution in [0.4, 0.5) is 18.0 Å². The molecule has 0 aliphatic heterocycles. The van der Waals surface area contributed by atoms with Crippen LogP contribution in [-0.2, 0) is 6.18 Å². The Balaban J connectivity index is 2.76. The molecule has 0 saturated carbocycles. The summed E-state index contributed by atoms with van der Waals surface area (Å²) in [5, 5.41) is 11.8. The first-order valence-electron chi connectivity index (χ1n) is 8.71. The first-order valence-corrected chi connectivity index (χ1v) is 9.85. The zero-order valence-corrected chi connectivity index (χ0v) is 18.0. The number of carbonyl (C=O) groups is 1. The van der Waals surface area contributed by atoms with Gasteiger partial charge < -0.3 is 15.4 Å². The van der Waals surface area contributed by atoms with E-state index >= 15 is 0 Å². The van der Waals surface area contributed by atoms with Gasteiger partial charge in [-0.15, -0.1) is 0 Å². The van der Waals surface area contributed by atoms with E-state index in [4.69, 9.17) is 44.9 Å². The van der Waals surface area contributed by atoms with Crippen molar-refractivity contribution in [2.24, 2.45) is 0 Å². The average Bonchev–Trinajstić information content (AvgIpc) is 2.62. The molecule has 0 atom stereocenters. The highest BCUT2D eigenvalue weighted by Crippen LogP contribution is 2.40. The van der Waals surface area contributed by atoms with E-state index < -0.39 is 33.7 Å². The molecule has 0 bridgehead atoms. The van der Waals surface area contributed by atoms with Crippen molar-refractivity contribution in [1.29, 1.82) is 5.41 Å². The zero-order valence-electron chi connectivity index (χ0n) is 15.8. The summed E-state index contributed by atoms with van der Waals surface area (Å²) >= 11 is 17.6. The standard InChI is InChI=1S/C18H21Cl3F3N3O2/c1-3-4-5-6-7-26-17(28)27-10(2)14(21)16(25)29-15-12(19)8-11(9-13(15)20)18(22,23)24/h8-9,25H,3-7H2,1-2H3,(H2,26,27,28)/b14-10+,25-16?. The molecule has 0 aliphatic rings. The molecule has 1 aromatic carbocycles. The minimum atomic E-state index is -4.64. The first kappa shape index (κ1) is 25.4. The van der Waals surface area contributed by atoms with Crippen LogP contribution in [0.2, 0.25) is 10.0 Å². The zero-order chi connectivity index (χ0) is 22.2. The number of ether oxygens (including phenoxy) is 1. The van der Waals surface area contributed by atoms with E-state index in [1.54, 1.807) is 0 Å². The van der Waals surface area contributed by atoms with E-state index in [0.717, 1.165) is 25.7 Å².